The fourth-order valence-electron chi connectivity index (χ4n) is 3.48. The number of fused-ring (bicyclic) bond motifs is 1. The van der Waals surface area contributed by atoms with Crippen molar-refractivity contribution in [1.82, 2.24) is 4.98 Å². The van der Waals surface area contributed by atoms with Gasteiger partial charge < -0.3 is 10.1 Å². The molecule has 2 aromatic carbocycles. The van der Waals surface area contributed by atoms with Gasteiger partial charge in [-0.3, -0.25) is 14.6 Å². The Morgan fingerprint density at radius 3 is 2.37 bits per heavy atom. The van der Waals surface area contributed by atoms with Crippen LogP contribution in [0.4, 0.5) is 11.4 Å². The van der Waals surface area contributed by atoms with Crippen molar-refractivity contribution in [2.24, 2.45) is 0 Å². The summed E-state index contributed by atoms with van der Waals surface area (Å²) < 4.78 is 0. The van der Waals surface area contributed by atoms with Crippen LogP contribution in [0.25, 0.3) is 10.9 Å². The summed E-state index contributed by atoms with van der Waals surface area (Å²) in [6.45, 7) is 5.23. The highest BCUT2D eigenvalue weighted by Gasteiger charge is 2.18. The highest BCUT2D eigenvalue weighted by molar-refractivity contribution is 6.11. The Hall–Kier alpha value is -3.34. The van der Waals surface area contributed by atoms with Crippen LogP contribution in [-0.4, -0.2) is 22.3 Å². The van der Waals surface area contributed by atoms with Gasteiger partial charge in [0, 0.05) is 42.1 Å². The molecule has 0 saturated carbocycles. The number of nitrogens with one attached hydrogen (secondary N) is 1. The monoisotopic (exact) mass is 402 g/mol. The van der Waals surface area contributed by atoms with Crippen LogP contribution in [0.15, 0.2) is 48.7 Å². The second-order valence-electron chi connectivity index (χ2n) is 7.48. The average molecular weight is 402 g/mol. The quantitative estimate of drug-likeness (QED) is 0.456. The van der Waals surface area contributed by atoms with Crippen molar-refractivity contribution >= 4 is 39.6 Å². The van der Waals surface area contributed by atoms with E-state index in [1.165, 1.54) is 6.92 Å². The van der Waals surface area contributed by atoms with Crippen LogP contribution in [0.1, 0.15) is 65.8 Å². The maximum absolute atomic E-state index is 12.8. The van der Waals surface area contributed by atoms with Gasteiger partial charge in [0.05, 0.1) is 16.8 Å². The molecule has 0 radical (unpaired) electrons. The number of benzene rings is 2. The lowest BCUT2D eigenvalue weighted by atomic mass is 9.95. The van der Waals surface area contributed by atoms with Gasteiger partial charge in [-0.1, -0.05) is 25.1 Å². The molecule has 0 aliphatic heterocycles. The van der Waals surface area contributed by atoms with Gasteiger partial charge in [-0.05, 0) is 50.1 Å². The summed E-state index contributed by atoms with van der Waals surface area (Å²) in [5.41, 5.74) is 4.18. The number of carbonyl (C=O) groups excluding carboxylic acids is 3. The van der Waals surface area contributed by atoms with Crippen molar-refractivity contribution in [3.05, 3.63) is 65.4 Å². The predicted molar refractivity (Wildman–Crippen MR) is 120 cm³/mol. The van der Waals surface area contributed by atoms with Crippen LogP contribution in [0.2, 0.25) is 0 Å². The highest BCUT2D eigenvalue weighted by atomic mass is 16.1. The molecule has 5 nitrogen and oxygen atoms in total. The minimum Gasteiger partial charge on any atom is -0.354 e. The summed E-state index contributed by atoms with van der Waals surface area (Å²) >= 11 is 0. The number of anilines is 2. The zero-order valence-electron chi connectivity index (χ0n) is 17.6. The van der Waals surface area contributed by atoms with E-state index in [1.54, 1.807) is 6.20 Å². The van der Waals surface area contributed by atoms with Crippen LogP contribution in [0, 0.1) is 6.92 Å². The molecule has 3 rings (SSSR count). The molecule has 0 bridgehead atoms. The topological polar surface area (TPSA) is 76.1 Å². The number of carbonyl (C=O) groups is 3. The lowest BCUT2D eigenvalue weighted by molar-refractivity contribution is -0.117. The Balaban J connectivity index is 2.10. The lowest BCUT2D eigenvalue weighted by Gasteiger charge is -2.16. The third-order valence-electron chi connectivity index (χ3n) is 5.11. The van der Waals surface area contributed by atoms with Crippen molar-refractivity contribution in [3.8, 4) is 0 Å². The molecule has 0 amide bonds. The first-order chi connectivity index (χ1) is 14.4. The van der Waals surface area contributed by atoms with Gasteiger partial charge in [0.2, 0.25) is 0 Å². The normalized spacial score (nSPS) is 10.8. The van der Waals surface area contributed by atoms with E-state index in [0.29, 0.717) is 42.5 Å². The molecule has 1 heterocycles. The van der Waals surface area contributed by atoms with Gasteiger partial charge in [0.15, 0.2) is 11.6 Å². The molecule has 0 saturated heterocycles. The second kappa shape index (κ2) is 9.44. The molecule has 1 N–H and O–H groups in total. The smallest absolute Gasteiger partial charge is 0.166 e. The maximum atomic E-state index is 12.8. The van der Waals surface area contributed by atoms with Gasteiger partial charge in [-0.2, -0.15) is 0 Å². The summed E-state index contributed by atoms with van der Waals surface area (Å²) in [5, 5.41) is 4.09. The average Bonchev–Trinajstić information content (AvgIpc) is 2.73. The third kappa shape index (κ3) is 4.79. The number of rotatable bonds is 9. The van der Waals surface area contributed by atoms with Crippen molar-refractivity contribution in [2.45, 2.75) is 46.5 Å². The number of hydrogen-bond donors (Lipinski definition) is 1. The summed E-state index contributed by atoms with van der Waals surface area (Å²) in [6, 6.07) is 13.3. The zero-order valence-corrected chi connectivity index (χ0v) is 17.6. The Labute approximate surface area is 176 Å². The van der Waals surface area contributed by atoms with Gasteiger partial charge in [-0.15, -0.1) is 0 Å². The fraction of sp³-hybridized carbons (Fsp3) is 0.280. The Bertz CT molecular complexity index is 1100. The van der Waals surface area contributed by atoms with E-state index in [0.717, 1.165) is 22.2 Å². The first kappa shape index (κ1) is 21.4. The van der Waals surface area contributed by atoms with Crippen molar-refractivity contribution in [3.63, 3.8) is 0 Å². The summed E-state index contributed by atoms with van der Waals surface area (Å²) in [6.07, 6.45) is 3.21. The van der Waals surface area contributed by atoms with Crippen LogP contribution >= 0.6 is 0 Å². The first-order valence-corrected chi connectivity index (χ1v) is 10.2. The largest absolute Gasteiger partial charge is 0.354 e. The number of aryl methyl sites for hydroxylation is 1. The van der Waals surface area contributed by atoms with Gasteiger partial charge in [0.1, 0.15) is 5.78 Å². The molecular formula is C25H26N2O3. The number of pyridine rings is 1. The van der Waals surface area contributed by atoms with Gasteiger partial charge in [-0.25, -0.2) is 0 Å². The standard InChI is InChI=1S/C25H26N2O3/c1-4-23(29)21-15-26-22-13-16(2)19(24(30)12-8-9-17(3)28)14-20(22)25(21)27-18-10-6-5-7-11-18/h5-7,10-11,13-15H,4,8-9,12H2,1-3H3,(H,26,27). The van der Waals surface area contributed by atoms with E-state index >= 15 is 0 Å². The number of Topliss-reactive ketones (excluding diaryl/α,β-unsaturated/α-hetero) is 3. The van der Waals surface area contributed by atoms with E-state index in [-0.39, 0.29) is 17.3 Å². The molecule has 1 aromatic heterocycles. The Morgan fingerprint density at radius 2 is 1.70 bits per heavy atom. The molecule has 0 aliphatic carbocycles. The molecule has 154 valence electrons. The minimum atomic E-state index is -0.0160. The zero-order chi connectivity index (χ0) is 21.7. The number of nitrogens with zero attached hydrogens (tertiary/aromatic N) is 1. The molecule has 0 aliphatic rings. The molecule has 0 spiro atoms. The van der Waals surface area contributed by atoms with Crippen LogP contribution in [0.5, 0.6) is 0 Å². The SMILES string of the molecule is CCC(=O)c1cnc2cc(C)c(C(=O)CCCC(C)=O)cc2c1Nc1ccccc1. The molecular weight excluding hydrogens is 376 g/mol. The number of ketones is 3. The fourth-order valence-corrected chi connectivity index (χ4v) is 3.48. The third-order valence-corrected chi connectivity index (χ3v) is 5.11. The lowest BCUT2D eigenvalue weighted by Crippen LogP contribution is -2.07. The Morgan fingerprint density at radius 1 is 0.967 bits per heavy atom. The predicted octanol–water partition coefficient (Wildman–Crippen LogP) is 5.82. The van der Waals surface area contributed by atoms with Gasteiger partial charge >= 0.3 is 0 Å². The minimum absolute atomic E-state index is 0.00599. The van der Waals surface area contributed by atoms with Crippen LogP contribution in [0.3, 0.4) is 0 Å². The first-order valence-electron chi connectivity index (χ1n) is 10.2. The van der Waals surface area contributed by atoms with Crippen molar-refractivity contribution in [1.29, 1.82) is 0 Å². The summed E-state index contributed by atoms with van der Waals surface area (Å²) in [7, 11) is 0. The van der Waals surface area contributed by atoms with E-state index in [2.05, 4.69) is 10.3 Å². The van der Waals surface area contributed by atoms with E-state index in [4.69, 9.17) is 0 Å². The molecule has 0 fully saturated rings. The van der Waals surface area contributed by atoms with E-state index in [9.17, 15) is 14.4 Å². The highest BCUT2D eigenvalue weighted by Crippen LogP contribution is 2.32. The second-order valence-corrected chi connectivity index (χ2v) is 7.48. The van der Waals surface area contributed by atoms with Crippen LogP contribution in [-0.2, 0) is 4.79 Å². The number of para-hydroxylation sites is 1. The van der Waals surface area contributed by atoms with E-state index < -0.39 is 0 Å². The summed E-state index contributed by atoms with van der Waals surface area (Å²) in [4.78, 5) is 41.1. The van der Waals surface area contributed by atoms with Crippen molar-refractivity contribution in [2.75, 3.05) is 5.32 Å². The van der Waals surface area contributed by atoms with Gasteiger partial charge in [0.25, 0.3) is 0 Å². The summed E-state index contributed by atoms with van der Waals surface area (Å²) in [5.74, 6) is 0.0607. The van der Waals surface area contributed by atoms with Crippen molar-refractivity contribution < 1.29 is 14.4 Å². The molecule has 3 aromatic rings. The van der Waals surface area contributed by atoms with E-state index in [1.807, 2.05) is 56.3 Å². The molecule has 0 atom stereocenters. The molecule has 30 heavy (non-hydrogen) atoms. The molecule has 5 heteroatoms. The molecule has 0 unspecified atom stereocenters. The maximum Gasteiger partial charge on any atom is 0.166 e. The number of hydrogen-bond acceptors (Lipinski definition) is 5. The number of aromatic nitrogens is 1. The Kier molecular flexibility index (Phi) is 6.72. The van der Waals surface area contributed by atoms with Crippen LogP contribution < -0.4 is 5.32 Å².